The number of aromatic nitrogens is 2. The van der Waals surface area contributed by atoms with Gasteiger partial charge in [0.2, 0.25) is 11.8 Å². The zero-order chi connectivity index (χ0) is 24.3. The van der Waals surface area contributed by atoms with Gasteiger partial charge in [-0.25, -0.2) is 9.97 Å². The number of nitrogens with one attached hydrogen (secondary N) is 1. The first kappa shape index (κ1) is 23.4. The van der Waals surface area contributed by atoms with Gasteiger partial charge in [0.05, 0.1) is 18.4 Å². The average molecular weight is 469 g/mol. The SMILES string of the molecule is COc1ncccc1-c1nc(NC(=O)CCCCc2ccc3c(c2)OC(F)(F)O3)cc(C)c1C. The smallest absolute Gasteiger partial charge is 0.481 e. The minimum absolute atomic E-state index is 0.0253. The van der Waals surface area contributed by atoms with Crippen molar-refractivity contribution in [3.05, 3.63) is 59.3 Å². The molecule has 0 fully saturated rings. The Bertz CT molecular complexity index is 1220. The first-order valence-electron chi connectivity index (χ1n) is 10.9. The first-order chi connectivity index (χ1) is 16.3. The second-order valence-electron chi connectivity index (χ2n) is 8.06. The fourth-order valence-corrected chi connectivity index (χ4v) is 3.77. The molecule has 3 aromatic rings. The lowest BCUT2D eigenvalue weighted by atomic mass is 10.0. The van der Waals surface area contributed by atoms with Crippen LogP contribution < -0.4 is 19.5 Å². The van der Waals surface area contributed by atoms with Crippen LogP contribution in [-0.2, 0) is 11.2 Å². The van der Waals surface area contributed by atoms with E-state index in [-0.39, 0.29) is 17.4 Å². The Kier molecular flexibility index (Phi) is 6.63. The number of carbonyl (C=O) groups excluding carboxylic acids is 1. The molecule has 0 spiro atoms. The monoisotopic (exact) mass is 469 g/mol. The lowest BCUT2D eigenvalue weighted by Gasteiger charge is -2.14. The predicted octanol–water partition coefficient (Wildman–Crippen LogP) is 5.44. The molecule has 1 amide bonds. The van der Waals surface area contributed by atoms with Gasteiger partial charge in [0, 0.05) is 12.6 Å². The summed E-state index contributed by atoms with van der Waals surface area (Å²) < 4.78 is 40.5. The fraction of sp³-hybridized carbons (Fsp3) is 0.320. The molecule has 178 valence electrons. The summed E-state index contributed by atoms with van der Waals surface area (Å²) in [7, 11) is 1.55. The number of fused-ring (bicyclic) bond motifs is 1. The molecule has 0 saturated heterocycles. The largest absolute Gasteiger partial charge is 0.586 e. The van der Waals surface area contributed by atoms with E-state index in [1.165, 1.54) is 6.07 Å². The second-order valence-corrected chi connectivity index (χ2v) is 8.06. The Morgan fingerprint density at radius 3 is 2.71 bits per heavy atom. The van der Waals surface area contributed by atoms with Crippen molar-refractivity contribution in [3.63, 3.8) is 0 Å². The normalized spacial score (nSPS) is 13.6. The standard InChI is InChI=1S/C25H25F2N3O4/c1-15-13-21(30-23(16(15)2)18-8-6-12-28-24(18)32-3)29-22(31)9-5-4-7-17-10-11-19-20(14-17)34-25(26,27)33-19/h6,8,10-14H,4-5,7,9H2,1-3H3,(H,29,30,31). The number of unbranched alkanes of at least 4 members (excludes halogenated alkanes) is 1. The Morgan fingerprint density at radius 1 is 1.12 bits per heavy atom. The van der Waals surface area contributed by atoms with Gasteiger partial charge < -0.3 is 19.5 Å². The van der Waals surface area contributed by atoms with Crippen LogP contribution in [0, 0.1) is 13.8 Å². The predicted molar refractivity (Wildman–Crippen MR) is 122 cm³/mol. The number of aryl methyl sites for hydroxylation is 2. The van der Waals surface area contributed by atoms with Crippen LogP contribution in [0.5, 0.6) is 17.4 Å². The lowest BCUT2D eigenvalue weighted by Crippen LogP contribution is -2.25. The summed E-state index contributed by atoms with van der Waals surface area (Å²) in [5.74, 6) is 0.837. The molecule has 1 aliphatic heterocycles. The van der Waals surface area contributed by atoms with Crippen molar-refractivity contribution in [1.82, 2.24) is 9.97 Å². The number of carbonyl (C=O) groups is 1. The van der Waals surface area contributed by atoms with Gasteiger partial charge in [-0.05, 0) is 80.1 Å². The number of amides is 1. The summed E-state index contributed by atoms with van der Waals surface area (Å²) in [5, 5.41) is 2.87. The molecule has 4 rings (SSSR count). The van der Waals surface area contributed by atoms with Crippen LogP contribution in [-0.4, -0.2) is 29.3 Å². The van der Waals surface area contributed by atoms with Gasteiger partial charge in [-0.1, -0.05) is 6.07 Å². The van der Waals surface area contributed by atoms with Gasteiger partial charge >= 0.3 is 6.29 Å². The number of ether oxygens (including phenoxy) is 3. The Labute approximate surface area is 196 Å². The van der Waals surface area contributed by atoms with E-state index in [1.54, 1.807) is 25.4 Å². The highest BCUT2D eigenvalue weighted by atomic mass is 19.3. The number of pyridine rings is 2. The van der Waals surface area contributed by atoms with Crippen molar-refractivity contribution in [3.8, 4) is 28.6 Å². The summed E-state index contributed by atoms with van der Waals surface area (Å²) in [5.41, 5.74) is 4.26. The second kappa shape index (κ2) is 9.62. The molecule has 7 nitrogen and oxygen atoms in total. The van der Waals surface area contributed by atoms with Gasteiger partial charge in [-0.3, -0.25) is 4.79 Å². The molecule has 0 radical (unpaired) electrons. The molecule has 0 saturated carbocycles. The van der Waals surface area contributed by atoms with Crippen molar-refractivity contribution in [2.24, 2.45) is 0 Å². The highest BCUT2D eigenvalue weighted by Gasteiger charge is 2.43. The van der Waals surface area contributed by atoms with E-state index in [0.717, 1.165) is 22.3 Å². The molecule has 0 atom stereocenters. The maximum Gasteiger partial charge on any atom is 0.586 e. The number of hydrogen-bond acceptors (Lipinski definition) is 6. The van der Waals surface area contributed by atoms with E-state index in [9.17, 15) is 13.6 Å². The third-order valence-electron chi connectivity index (χ3n) is 5.60. The molecule has 34 heavy (non-hydrogen) atoms. The molecule has 2 aromatic heterocycles. The highest BCUT2D eigenvalue weighted by Crippen LogP contribution is 2.41. The third kappa shape index (κ3) is 5.24. The maximum absolute atomic E-state index is 13.1. The molecule has 0 aliphatic carbocycles. The average Bonchev–Trinajstić information content (AvgIpc) is 3.12. The van der Waals surface area contributed by atoms with Crippen LogP contribution in [0.15, 0.2) is 42.6 Å². The number of rotatable bonds is 8. The molecular weight excluding hydrogens is 444 g/mol. The molecule has 1 aromatic carbocycles. The van der Waals surface area contributed by atoms with Crippen molar-refractivity contribution >= 4 is 11.7 Å². The Hall–Kier alpha value is -3.75. The van der Waals surface area contributed by atoms with E-state index >= 15 is 0 Å². The van der Waals surface area contributed by atoms with Crippen LogP contribution in [0.1, 0.15) is 36.0 Å². The van der Waals surface area contributed by atoms with Crippen LogP contribution in [0.3, 0.4) is 0 Å². The zero-order valence-electron chi connectivity index (χ0n) is 19.2. The number of halogens is 2. The lowest BCUT2D eigenvalue weighted by molar-refractivity contribution is -0.286. The zero-order valence-corrected chi connectivity index (χ0v) is 19.2. The van der Waals surface area contributed by atoms with E-state index in [0.29, 0.717) is 43.1 Å². The molecule has 1 aliphatic rings. The maximum atomic E-state index is 13.1. The van der Waals surface area contributed by atoms with Crippen molar-refractivity contribution in [2.45, 2.75) is 45.8 Å². The Balaban J connectivity index is 1.34. The quantitative estimate of drug-likeness (QED) is 0.442. The summed E-state index contributed by atoms with van der Waals surface area (Å²) in [4.78, 5) is 21.4. The highest BCUT2D eigenvalue weighted by molar-refractivity contribution is 5.90. The molecule has 0 unspecified atom stereocenters. The van der Waals surface area contributed by atoms with Crippen LogP contribution in [0.4, 0.5) is 14.6 Å². The topological polar surface area (TPSA) is 82.6 Å². The van der Waals surface area contributed by atoms with E-state index < -0.39 is 6.29 Å². The molecule has 0 bridgehead atoms. The van der Waals surface area contributed by atoms with E-state index in [1.807, 2.05) is 32.0 Å². The van der Waals surface area contributed by atoms with E-state index in [4.69, 9.17) is 4.74 Å². The number of alkyl halides is 2. The molecule has 1 N–H and O–H groups in total. The number of benzene rings is 1. The Morgan fingerprint density at radius 2 is 1.91 bits per heavy atom. The minimum Gasteiger partial charge on any atom is -0.481 e. The first-order valence-corrected chi connectivity index (χ1v) is 10.9. The van der Waals surface area contributed by atoms with Crippen LogP contribution >= 0.6 is 0 Å². The minimum atomic E-state index is -3.62. The van der Waals surface area contributed by atoms with Crippen molar-refractivity contribution in [1.29, 1.82) is 0 Å². The number of hydrogen-bond donors (Lipinski definition) is 1. The number of methoxy groups -OCH3 is 1. The van der Waals surface area contributed by atoms with Crippen molar-refractivity contribution in [2.75, 3.05) is 12.4 Å². The molecule has 3 heterocycles. The van der Waals surface area contributed by atoms with Gasteiger partial charge in [-0.2, -0.15) is 0 Å². The van der Waals surface area contributed by atoms with Gasteiger partial charge in [0.1, 0.15) is 5.82 Å². The van der Waals surface area contributed by atoms with Gasteiger partial charge in [0.25, 0.3) is 0 Å². The fourth-order valence-electron chi connectivity index (χ4n) is 3.77. The van der Waals surface area contributed by atoms with Crippen LogP contribution in [0.2, 0.25) is 0 Å². The summed E-state index contributed by atoms with van der Waals surface area (Å²) >= 11 is 0. The molecular formula is C25H25F2N3O4. The van der Waals surface area contributed by atoms with Crippen LogP contribution in [0.25, 0.3) is 11.3 Å². The summed E-state index contributed by atoms with van der Waals surface area (Å²) in [6.07, 6.45) is 0.302. The number of nitrogens with zero attached hydrogens (tertiary/aromatic N) is 2. The van der Waals surface area contributed by atoms with Gasteiger partial charge in [0.15, 0.2) is 11.5 Å². The number of anilines is 1. The third-order valence-corrected chi connectivity index (χ3v) is 5.60. The summed E-state index contributed by atoms with van der Waals surface area (Å²) in [6.45, 7) is 3.92. The summed E-state index contributed by atoms with van der Waals surface area (Å²) in [6, 6.07) is 10.3. The molecule has 9 heteroatoms. The van der Waals surface area contributed by atoms with Crippen molar-refractivity contribution < 1.29 is 27.8 Å². The van der Waals surface area contributed by atoms with Gasteiger partial charge in [-0.15, -0.1) is 8.78 Å². The van der Waals surface area contributed by atoms with E-state index in [2.05, 4.69) is 24.8 Å².